The lowest BCUT2D eigenvalue weighted by molar-refractivity contribution is 0.0291. The molecule has 4 nitrogen and oxygen atoms in total. The first-order chi connectivity index (χ1) is 11.1. The van der Waals surface area contributed by atoms with Gasteiger partial charge in [0.15, 0.2) is 0 Å². The first-order valence-electron chi connectivity index (χ1n) is 7.55. The zero-order valence-electron chi connectivity index (χ0n) is 13.0. The van der Waals surface area contributed by atoms with Crippen molar-refractivity contribution in [2.75, 3.05) is 5.23 Å². The van der Waals surface area contributed by atoms with Crippen LogP contribution >= 0.6 is 0 Å². The van der Waals surface area contributed by atoms with Crippen LogP contribution in [0.2, 0.25) is 0 Å². The molecule has 0 heterocycles. The first kappa shape index (κ1) is 17.0. The maximum Gasteiger partial charge on any atom is 0.0942 e. The number of nitrogens with zero attached hydrogens (tertiary/aromatic N) is 1. The van der Waals surface area contributed by atoms with Crippen molar-refractivity contribution in [3.8, 4) is 12.3 Å². The molecule has 0 saturated carbocycles. The molecule has 0 bridgehead atoms. The average Bonchev–Trinajstić information content (AvgIpc) is 2.57. The van der Waals surface area contributed by atoms with Crippen LogP contribution in [0.15, 0.2) is 54.6 Å². The minimum absolute atomic E-state index is 0.0635. The molecule has 3 N–H and O–H groups in total. The van der Waals surface area contributed by atoms with Crippen LogP contribution in [0, 0.1) is 18.3 Å². The Morgan fingerprint density at radius 3 is 2.04 bits per heavy atom. The Kier molecular flexibility index (Phi) is 5.78. The van der Waals surface area contributed by atoms with Crippen molar-refractivity contribution in [3.63, 3.8) is 0 Å². The second-order valence-electron chi connectivity index (χ2n) is 5.44. The smallest absolute Gasteiger partial charge is 0.0942 e. The number of benzene rings is 2. The van der Waals surface area contributed by atoms with E-state index in [1.807, 2.05) is 37.3 Å². The molecule has 4 heteroatoms. The number of anilines is 1. The summed E-state index contributed by atoms with van der Waals surface area (Å²) in [5.41, 5.74) is 2.08. The highest BCUT2D eigenvalue weighted by Crippen LogP contribution is 2.33. The minimum Gasteiger partial charge on any atom is -0.391 e. The van der Waals surface area contributed by atoms with Gasteiger partial charge in [-0.25, -0.2) is 0 Å². The first-order valence-corrected chi connectivity index (χ1v) is 7.55. The predicted octanol–water partition coefficient (Wildman–Crippen LogP) is 3.42. The highest BCUT2D eigenvalue weighted by atomic mass is 16.8. The summed E-state index contributed by atoms with van der Waals surface area (Å²) in [4.78, 5) is 0. The monoisotopic (exact) mass is 311 g/mol. The van der Waals surface area contributed by atoms with Crippen molar-refractivity contribution in [1.82, 2.24) is 0 Å². The molecule has 0 fully saturated rings. The molecule has 2 rings (SSSR count). The van der Waals surface area contributed by atoms with Crippen LogP contribution < -0.4 is 5.23 Å². The topological polar surface area (TPSA) is 63.9 Å². The van der Waals surface area contributed by atoms with Gasteiger partial charge in [-0.15, -0.1) is 17.6 Å². The lowest BCUT2D eigenvalue weighted by atomic mass is 9.80. The van der Waals surface area contributed by atoms with E-state index in [0.29, 0.717) is 6.42 Å². The Hall–Kier alpha value is -2.32. The van der Waals surface area contributed by atoms with Crippen molar-refractivity contribution in [1.29, 1.82) is 0 Å². The Labute approximate surface area is 136 Å². The lowest BCUT2D eigenvalue weighted by Crippen LogP contribution is -2.27. The summed E-state index contributed by atoms with van der Waals surface area (Å²) in [6, 6.07) is 16.4. The summed E-state index contributed by atoms with van der Waals surface area (Å²) in [6.07, 6.45) is 5.52. The summed E-state index contributed by atoms with van der Waals surface area (Å²) in [5, 5.41) is 29.0. The molecule has 0 aromatic heterocycles. The predicted molar refractivity (Wildman–Crippen MR) is 89.4 cm³/mol. The molecule has 0 amide bonds. The van der Waals surface area contributed by atoms with Gasteiger partial charge in [0.2, 0.25) is 0 Å². The van der Waals surface area contributed by atoms with Crippen LogP contribution in [0.5, 0.6) is 0 Å². The normalized spacial score (nSPS) is 14.6. The molecule has 2 aromatic carbocycles. The quantitative estimate of drug-likeness (QED) is 0.565. The van der Waals surface area contributed by atoms with Crippen molar-refractivity contribution in [2.24, 2.45) is 5.92 Å². The van der Waals surface area contributed by atoms with E-state index in [1.54, 1.807) is 24.3 Å². The third kappa shape index (κ3) is 3.91. The average molecular weight is 311 g/mol. The van der Waals surface area contributed by atoms with Gasteiger partial charge in [-0.1, -0.05) is 49.4 Å². The zero-order valence-corrected chi connectivity index (χ0v) is 13.0. The fourth-order valence-electron chi connectivity index (χ4n) is 2.75. The summed E-state index contributed by atoms with van der Waals surface area (Å²) in [5.74, 6) is 2.13. The minimum atomic E-state index is -0.724. The Morgan fingerprint density at radius 2 is 1.57 bits per heavy atom. The van der Waals surface area contributed by atoms with Crippen LogP contribution in [-0.4, -0.2) is 21.6 Å². The van der Waals surface area contributed by atoms with E-state index in [2.05, 4.69) is 5.92 Å². The molecule has 3 unspecified atom stereocenters. The highest BCUT2D eigenvalue weighted by Gasteiger charge is 2.28. The van der Waals surface area contributed by atoms with Crippen LogP contribution in [0.25, 0.3) is 0 Å². The molecule has 0 aliphatic carbocycles. The second kappa shape index (κ2) is 7.80. The largest absolute Gasteiger partial charge is 0.391 e. The molecule has 0 spiro atoms. The van der Waals surface area contributed by atoms with E-state index in [-0.39, 0.29) is 22.7 Å². The molecule has 3 atom stereocenters. The van der Waals surface area contributed by atoms with Crippen LogP contribution in [0.3, 0.4) is 0 Å². The molecule has 0 radical (unpaired) electrons. The van der Waals surface area contributed by atoms with Gasteiger partial charge in [0, 0.05) is 11.8 Å². The van der Waals surface area contributed by atoms with Gasteiger partial charge in [0.25, 0.3) is 0 Å². The number of aliphatic hydroxyl groups excluding tert-OH is 1. The van der Waals surface area contributed by atoms with Gasteiger partial charge in [0.1, 0.15) is 0 Å². The second-order valence-corrected chi connectivity index (χ2v) is 5.44. The van der Waals surface area contributed by atoms with E-state index in [4.69, 9.17) is 16.8 Å². The van der Waals surface area contributed by atoms with Gasteiger partial charge in [-0.2, -0.15) is 0 Å². The molecule has 0 aliphatic rings. The van der Waals surface area contributed by atoms with E-state index in [1.165, 1.54) is 0 Å². The Morgan fingerprint density at radius 1 is 1.00 bits per heavy atom. The number of hydrogen-bond acceptors (Lipinski definition) is 4. The van der Waals surface area contributed by atoms with E-state index < -0.39 is 6.10 Å². The van der Waals surface area contributed by atoms with Crippen LogP contribution in [-0.2, 0) is 0 Å². The van der Waals surface area contributed by atoms with E-state index in [0.717, 1.165) is 11.1 Å². The molecule has 0 aliphatic heterocycles. The van der Waals surface area contributed by atoms with Crippen LogP contribution in [0.1, 0.15) is 30.4 Å². The Balaban J connectivity index is 2.43. The number of rotatable bonds is 6. The number of terminal acetylenes is 1. The summed E-state index contributed by atoms with van der Waals surface area (Å²) in [7, 11) is 0. The summed E-state index contributed by atoms with van der Waals surface area (Å²) < 4.78 is 0. The SMILES string of the molecule is C#CC(CC)C(O)C(c1ccccc1)c1ccc(N(O)O)cc1. The summed E-state index contributed by atoms with van der Waals surface area (Å²) >= 11 is 0. The molecular weight excluding hydrogens is 290 g/mol. The van der Waals surface area contributed by atoms with Gasteiger partial charge in [-0.05, 0) is 29.7 Å². The fourth-order valence-corrected chi connectivity index (χ4v) is 2.75. The van der Waals surface area contributed by atoms with Crippen molar-refractivity contribution in [3.05, 3.63) is 65.7 Å². The van der Waals surface area contributed by atoms with E-state index >= 15 is 0 Å². The summed E-state index contributed by atoms with van der Waals surface area (Å²) in [6.45, 7) is 1.95. The molecular formula is C19H21NO3. The standard InChI is InChI=1S/C19H21NO3/c1-3-14(4-2)19(21)18(15-8-6-5-7-9-15)16-10-12-17(13-11-16)20(22)23/h1,5-14,18-19,21-23H,4H2,2H3. The van der Waals surface area contributed by atoms with Crippen LogP contribution in [0.4, 0.5) is 5.69 Å². The maximum atomic E-state index is 10.8. The highest BCUT2D eigenvalue weighted by molar-refractivity contribution is 5.45. The number of aliphatic hydroxyl groups is 1. The third-order valence-electron chi connectivity index (χ3n) is 4.05. The van der Waals surface area contributed by atoms with Crippen molar-refractivity contribution >= 4 is 5.69 Å². The third-order valence-corrected chi connectivity index (χ3v) is 4.05. The number of hydrogen-bond donors (Lipinski definition) is 3. The van der Waals surface area contributed by atoms with Gasteiger partial charge in [0.05, 0.1) is 11.8 Å². The molecule has 0 saturated heterocycles. The van der Waals surface area contributed by atoms with Crippen molar-refractivity contribution in [2.45, 2.75) is 25.4 Å². The van der Waals surface area contributed by atoms with E-state index in [9.17, 15) is 5.11 Å². The zero-order chi connectivity index (χ0) is 16.8. The van der Waals surface area contributed by atoms with Crippen molar-refractivity contribution < 1.29 is 15.5 Å². The lowest BCUT2D eigenvalue weighted by Gasteiger charge is -2.28. The molecule has 23 heavy (non-hydrogen) atoms. The van der Waals surface area contributed by atoms with Gasteiger partial charge < -0.3 is 5.11 Å². The fraction of sp³-hybridized carbons (Fsp3) is 0.263. The maximum absolute atomic E-state index is 10.8. The molecule has 120 valence electrons. The van der Waals surface area contributed by atoms with Gasteiger partial charge in [-0.3, -0.25) is 10.4 Å². The molecule has 2 aromatic rings. The Bertz CT molecular complexity index is 647. The van der Waals surface area contributed by atoms with Gasteiger partial charge >= 0.3 is 0 Å².